The van der Waals surface area contributed by atoms with Gasteiger partial charge in [-0.05, 0) is 66.2 Å². The SMILES string of the molecule is [B]C1(C)Cc2c(C(C)S)cc(CC(C)(C)CCC)c(S)c2CC(C)C1. The molecule has 138 valence electrons. The summed E-state index contributed by atoms with van der Waals surface area (Å²) in [5.74, 6) is 0.587. The maximum absolute atomic E-state index is 6.63. The summed E-state index contributed by atoms with van der Waals surface area (Å²) in [6.45, 7) is 13.7. The van der Waals surface area contributed by atoms with E-state index in [1.54, 1.807) is 0 Å². The topological polar surface area (TPSA) is 0 Å². The van der Waals surface area contributed by atoms with Crippen LogP contribution in [0.2, 0.25) is 5.31 Å². The second-order valence-corrected chi connectivity index (χ2v) is 10.8. The maximum atomic E-state index is 6.63. The third kappa shape index (κ3) is 5.25. The van der Waals surface area contributed by atoms with Crippen molar-refractivity contribution in [1.82, 2.24) is 0 Å². The van der Waals surface area contributed by atoms with E-state index in [2.05, 4.69) is 47.6 Å². The monoisotopic (exact) mass is 374 g/mol. The Morgan fingerprint density at radius 3 is 2.56 bits per heavy atom. The largest absolute Gasteiger partial charge is 0.171 e. The van der Waals surface area contributed by atoms with Crippen LogP contribution in [-0.2, 0) is 19.3 Å². The van der Waals surface area contributed by atoms with Crippen molar-refractivity contribution in [2.24, 2.45) is 11.3 Å². The van der Waals surface area contributed by atoms with Gasteiger partial charge in [0.15, 0.2) is 0 Å². The lowest BCUT2D eigenvalue weighted by Crippen LogP contribution is -2.17. The fourth-order valence-electron chi connectivity index (χ4n) is 4.76. The number of hydrogen-bond donors (Lipinski definition) is 2. The zero-order valence-corrected chi connectivity index (χ0v) is 18.7. The Morgan fingerprint density at radius 1 is 1.36 bits per heavy atom. The van der Waals surface area contributed by atoms with Crippen LogP contribution in [0.3, 0.4) is 0 Å². The molecule has 0 aliphatic heterocycles. The quantitative estimate of drug-likeness (QED) is 0.316. The Balaban J connectivity index is 2.58. The second-order valence-electron chi connectivity index (χ2n) is 9.54. The van der Waals surface area contributed by atoms with Gasteiger partial charge in [-0.3, -0.25) is 0 Å². The first-order chi connectivity index (χ1) is 11.5. The normalized spacial score (nSPS) is 25.4. The minimum Gasteiger partial charge on any atom is -0.171 e. The molecule has 3 atom stereocenters. The molecule has 0 heterocycles. The van der Waals surface area contributed by atoms with E-state index in [0.717, 1.165) is 25.7 Å². The Hall–Kier alpha value is -0.0151. The molecule has 3 unspecified atom stereocenters. The average molecular weight is 374 g/mol. The van der Waals surface area contributed by atoms with Crippen LogP contribution in [0, 0.1) is 11.3 Å². The molecular formula is C22H35BS2. The summed E-state index contributed by atoms with van der Waals surface area (Å²) in [5.41, 5.74) is 5.91. The fraction of sp³-hybridized carbons (Fsp3) is 0.727. The standard InChI is InChI=1S/C22H35BS2/c1-7-8-21(4,5)12-16-10-17(15(3)24)19-13-22(6,23)11-14(2)9-18(19)20(16)25/h10,14-15,24-25H,7-9,11-13H2,1-6H3. The lowest BCUT2D eigenvalue weighted by Gasteiger charge is -2.29. The third-order valence-corrected chi connectivity index (χ3v) is 6.46. The molecule has 1 aromatic rings. The molecular weight excluding hydrogens is 339 g/mol. The molecule has 1 aliphatic rings. The minimum absolute atomic E-state index is 0.148. The highest BCUT2D eigenvalue weighted by molar-refractivity contribution is 7.80. The van der Waals surface area contributed by atoms with E-state index in [0.29, 0.717) is 11.3 Å². The van der Waals surface area contributed by atoms with Gasteiger partial charge in [-0.15, -0.1) is 12.6 Å². The molecule has 2 rings (SSSR count). The van der Waals surface area contributed by atoms with Gasteiger partial charge in [0.2, 0.25) is 0 Å². The van der Waals surface area contributed by atoms with Crippen LogP contribution in [0.5, 0.6) is 0 Å². The average Bonchev–Trinajstić information content (AvgIpc) is 2.55. The Bertz CT molecular complexity index is 617. The van der Waals surface area contributed by atoms with Gasteiger partial charge in [0, 0.05) is 10.1 Å². The van der Waals surface area contributed by atoms with Crippen molar-refractivity contribution in [3.8, 4) is 0 Å². The second kappa shape index (κ2) is 7.93. The van der Waals surface area contributed by atoms with E-state index in [9.17, 15) is 0 Å². The lowest BCUT2D eigenvalue weighted by molar-refractivity contribution is 0.326. The van der Waals surface area contributed by atoms with E-state index in [1.165, 1.54) is 40.0 Å². The molecule has 0 saturated heterocycles. The number of fused-ring (bicyclic) bond motifs is 1. The minimum atomic E-state index is -0.148. The summed E-state index contributed by atoms with van der Waals surface area (Å²) in [7, 11) is 6.63. The molecule has 0 saturated carbocycles. The predicted molar refractivity (Wildman–Crippen MR) is 119 cm³/mol. The fourth-order valence-corrected chi connectivity index (χ4v) is 5.36. The molecule has 0 fully saturated rings. The van der Waals surface area contributed by atoms with Crippen molar-refractivity contribution in [2.75, 3.05) is 0 Å². The molecule has 0 bridgehead atoms. The highest BCUT2D eigenvalue weighted by atomic mass is 32.1. The van der Waals surface area contributed by atoms with Crippen molar-refractivity contribution in [1.29, 1.82) is 0 Å². The zero-order chi connectivity index (χ0) is 19.0. The van der Waals surface area contributed by atoms with Crippen molar-refractivity contribution in [2.45, 2.75) is 95.5 Å². The van der Waals surface area contributed by atoms with Gasteiger partial charge in [-0.1, -0.05) is 58.8 Å². The van der Waals surface area contributed by atoms with Gasteiger partial charge in [0.25, 0.3) is 0 Å². The first-order valence-corrected chi connectivity index (χ1v) is 10.8. The van der Waals surface area contributed by atoms with Gasteiger partial charge in [0.1, 0.15) is 0 Å². The molecule has 0 amide bonds. The maximum Gasteiger partial charge on any atom is 0.0747 e. The van der Waals surface area contributed by atoms with Crippen molar-refractivity contribution < 1.29 is 0 Å². The van der Waals surface area contributed by atoms with E-state index < -0.39 is 0 Å². The molecule has 3 heteroatoms. The summed E-state index contributed by atoms with van der Waals surface area (Å²) < 4.78 is 0. The Labute approximate surface area is 168 Å². The van der Waals surface area contributed by atoms with E-state index in [-0.39, 0.29) is 10.6 Å². The molecule has 2 radical (unpaired) electrons. The van der Waals surface area contributed by atoms with Crippen LogP contribution in [0.4, 0.5) is 0 Å². The summed E-state index contributed by atoms with van der Waals surface area (Å²) in [6.07, 6.45) is 6.61. The van der Waals surface area contributed by atoms with Gasteiger partial charge >= 0.3 is 0 Å². The highest BCUT2D eigenvalue weighted by Crippen LogP contribution is 2.45. The molecule has 0 N–H and O–H groups in total. The smallest absolute Gasteiger partial charge is 0.0747 e. The highest BCUT2D eigenvalue weighted by Gasteiger charge is 2.31. The molecule has 25 heavy (non-hydrogen) atoms. The molecule has 1 aromatic carbocycles. The zero-order valence-electron chi connectivity index (χ0n) is 16.9. The van der Waals surface area contributed by atoms with Crippen molar-refractivity contribution in [3.63, 3.8) is 0 Å². The summed E-state index contributed by atoms with van der Waals surface area (Å²) in [4.78, 5) is 1.21. The molecule has 0 aromatic heterocycles. The van der Waals surface area contributed by atoms with Gasteiger partial charge < -0.3 is 0 Å². The van der Waals surface area contributed by atoms with Crippen LogP contribution in [0.1, 0.15) is 88.3 Å². The third-order valence-electron chi connectivity index (χ3n) is 5.63. The van der Waals surface area contributed by atoms with Crippen LogP contribution < -0.4 is 0 Å². The number of hydrogen-bond acceptors (Lipinski definition) is 2. The van der Waals surface area contributed by atoms with Crippen LogP contribution >= 0.6 is 25.3 Å². The van der Waals surface area contributed by atoms with E-state index in [4.69, 9.17) is 33.1 Å². The van der Waals surface area contributed by atoms with Gasteiger partial charge in [-0.25, -0.2) is 0 Å². The number of rotatable bonds is 5. The predicted octanol–water partition coefficient (Wildman–Crippen LogP) is 6.81. The van der Waals surface area contributed by atoms with Crippen LogP contribution in [0.15, 0.2) is 11.0 Å². The Kier molecular flexibility index (Phi) is 6.75. The van der Waals surface area contributed by atoms with Crippen molar-refractivity contribution >= 4 is 33.1 Å². The molecule has 1 aliphatic carbocycles. The van der Waals surface area contributed by atoms with Crippen molar-refractivity contribution in [3.05, 3.63) is 28.3 Å². The number of thiol groups is 2. The van der Waals surface area contributed by atoms with E-state index >= 15 is 0 Å². The van der Waals surface area contributed by atoms with Crippen LogP contribution in [0.25, 0.3) is 0 Å². The van der Waals surface area contributed by atoms with Gasteiger partial charge in [-0.2, -0.15) is 12.6 Å². The Morgan fingerprint density at radius 2 is 2.00 bits per heavy atom. The molecule has 0 nitrogen and oxygen atoms in total. The first-order valence-electron chi connectivity index (χ1n) is 9.79. The number of benzene rings is 1. The first kappa shape index (κ1) is 21.3. The summed E-state index contributed by atoms with van der Waals surface area (Å²) >= 11 is 9.83. The molecule has 0 spiro atoms. The van der Waals surface area contributed by atoms with Gasteiger partial charge in [0.05, 0.1) is 7.85 Å². The lowest BCUT2D eigenvalue weighted by atomic mass is 9.63. The summed E-state index contributed by atoms with van der Waals surface area (Å²) in [6, 6.07) is 2.38. The summed E-state index contributed by atoms with van der Waals surface area (Å²) in [5, 5.41) is 0.0746. The van der Waals surface area contributed by atoms with E-state index in [1.807, 2.05) is 0 Å². The van der Waals surface area contributed by atoms with Crippen LogP contribution in [-0.4, -0.2) is 7.85 Å².